The maximum absolute atomic E-state index is 10.8. The highest BCUT2D eigenvalue weighted by molar-refractivity contribution is 5.66. The molecule has 0 bridgehead atoms. The number of nitrogens with zero attached hydrogens (tertiary/aromatic N) is 3. The van der Waals surface area contributed by atoms with Crippen molar-refractivity contribution >= 4 is 11.2 Å². The molecule has 3 heterocycles. The van der Waals surface area contributed by atoms with Gasteiger partial charge in [0.2, 0.25) is 5.89 Å². The smallest absolute Gasteiger partial charge is 0.211 e. The van der Waals surface area contributed by atoms with Gasteiger partial charge in [0.1, 0.15) is 0 Å². The largest absolute Gasteiger partial charge is 0.438 e. The number of benzene rings is 1. The summed E-state index contributed by atoms with van der Waals surface area (Å²) >= 11 is 0. The molecule has 5 rings (SSSR count). The monoisotopic (exact) mass is 351 g/mol. The Hall–Kier alpha value is -2.28. The third-order valence-corrected chi connectivity index (χ3v) is 6.04. The highest BCUT2D eigenvalue weighted by Crippen LogP contribution is 2.68. The van der Waals surface area contributed by atoms with Gasteiger partial charge >= 0.3 is 0 Å². The van der Waals surface area contributed by atoms with Crippen LogP contribution in [-0.2, 0) is 6.54 Å². The summed E-state index contributed by atoms with van der Waals surface area (Å²) in [5.74, 6) is 0.898. The van der Waals surface area contributed by atoms with Crippen LogP contribution < -0.4 is 0 Å². The molecule has 2 aromatic heterocycles. The number of rotatable bonds is 4. The first-order chi connectivity index (χ1) is 12.7. The minimum absolute atomic E-state index is 0.0928. The van der Waals surface area contributed by atoms with Gasteiger partial charge in [0.05, 0.1) is 12.6 Å². The highest BCUT2D eigenvalue weighted by Gasteiger charge is 2.70. The van der Waals surface area contributed by atoms with Gasteiger partial charge in [-0.15, -0.1) is 0 Å². The van der Waals surface area contributed by atoms with E-state index < -0.39 is 6.10 Å². The quantitative estimate of drug-likeness (QED) is 0.746. The molecule has 1 spiro atoms. The predicted molar refractivity (Wildman–Crippen MR) is 95.3 cm³/mol. The van der Waals surface area contributed by atoms with Crippen LogP contribution in [0.15, 0.2) is 53.1 Å². The Labute approximate surface area is 151 Å². The van der Waals surface area contributed by atoms with Gasteiger partial charge in [-0.1, -0.05) is 30.3 Å². The van der Waals surface area contributed by atoms with Crippen molar-refractivity contribution in [3.05, 3.63) is 60.1 Å². The van der Waals surface area contributed by atoms with E-state index >= 15 is 0 Å². The number of oxazole rings is 1. The molecule has 1 aliphatic carbocycles. The average Bonchev–Trinajstić information content (AvgIpc) is 2.93. The van der Waals surface area contributed by atoms with Crippen LogP contribution in [0.3, 0.4) is 0 Å². The molecule has 0 amide bonds. The number of hydrogen-bond donors (Lipinski definition) is 2. The number of aliphatic hydroxyl groups is 2. The van der Waals surface area contributed by atoms with E-state index in [0.717, 1.165) is 6.54 Å². The molecule has 1 saturated carbocycles. The molecule has 6 heteroatoms. The Bertz CT molecular complexity index is 895. The molecule has 1 saturated heterocycles. The van der Waals surface area contributed by atoms with Gasteiger partial charge in [0, 0.05) is 31.3 Å². The summed E-state index contributed by atoms with van der Waals surface area (Å²) < 4.78 is 5.77. The molecular weight excluding hydrogens is 330 g/mol. The fraction of sp³-hybridized carbons (Fsp3) is 0.400. The summed E-state index contributed by atoms with van der Waals surface area (Å²) in [6, 6.07) is 13.9. The lowest BCUT2D eigenvalue weighted by Gasteiger charge is -2.15. The lowest BCUT2D eigenvalue weighted by Crippen LogP contribution is -2.23. The summed E-state index contributed by atoms with van der Waals surface area (Å²) in [5.41, 5.74) is 2.21. The normalized spacial score (nSPS) is 31.1. The average molecular weight is 351 g/mol. The molecule has 2 aliphatic rings. The second-order valence-electron chi connectivity index (χ2n) is 7.41. The van der Waals surface area contributed by atoms with Crippen molar-refractivity contribution < 1.29 is 14.6 Å². The van der Waals surface area contributed by atoms with Crippen LogP contribution in [0.25, 0.3) is 11.2 Å². The van der Waals surface area contributed by atoms with Gasteiger partial charge in [-0.05, 0) is 29.5 Å². The zero-order valence-corrected chi connectivity index (χ0v) is 14.3. The molecule has 3 aromatic rings. The summed E-state index contributed by atoms with van der Waals surface area (Å²) in [5, 5.41) is 20.7. The Morgan fingerprint density at radius 3 is 2.81 bits per heavy atom. The van der Waals surface area contributed by atoms with E-state index in [1.165, 1.54) is 5.56 Å². The van der Waals surface area contributed by atoms with E-state index in [9.17, 15) is 10.2 Å². The maximum atomic E-state index is 10.8. The number of likely N-dealkylation sites (tertiary alicyclic amines) is 1. The van der Waals surface area contributed by atoms with E-state index in [4.69, 9.17) is 4.42 Å². The number of aliphatic hydroxyl groups excluding tert-OH is 2. The van der Waals surface area contributed by atoms with Gasteiger partial charge in [0.25, 0.3) is 0 Å². The lowest BCUT2D eigenvalue weighted by atomic mass is 9.95. The topological polar surface area (TPSA) is 82.6 Å². The number of hydrogen-bond acceptors (Lipinski definition) is 6. The van der Waals surface area contributed by atoms with Gasteiger partial charge in [0.15, 0.2) is 11.2 Å². The standard InChI is InChI=1S/C20H21N3O3/c24-11-14-18(13-5-2-1-3-6-13)20(14)12-23(9-16(20)25)10-17-22-19-15(26-17)7-4-8-21-19/h1-8,14,16,18,24-25H,9-12H2/t14-,16+,18-,20-/m1/s1. The molecule has 134 valence electrons. The van der Waals surface area contributed by atoms with Crippen molar-refractivity contribution in [3.8, 4) is 0 Å². The number of β-amino-alcohol motifs (C(OH)–C–C–N with tert-alkyl or cyclic N) is 1. The molecule has 1 aromatic carbocycles. The summed E-state index contributed by atoms with van der Waals surface area (Å²) in [7, 11) is 0. The Balaban J connectivity index is 1.38. The zero-order valence-electron chi connectivity index (χ0n) is 14.3. The molecule has 2 fully saturated rings. The fourth-order valence-corrected chi connectivity index (χ4v) is 4.85. The van der Waals surface area contributed by atoms with Crippen molar-refractivity contribution in [2.24, 2.45) is 11.3 Å². The number of fused-ring (bicyclic) bond motifs is 1. The fourth-order valence-electron chi connectivity index (χ4n) is 4.85. The lowest BCUT2D eigenvalue weighted by molar-refractivity contribution is 0.111. The van der Waals surface area contributed by atoms with E-state index in [-0.39, 0.29) is 23.9 Å². The predicted octanol–water partition coefficient (Wildman–Crippen LogP) is 1.79. The molecular formula is C20H21N3O3. The summed E-state index contributed by atoms with van der Waals surface area (Å²) in [4.78, 5) is 10.8. The SMILES string of the molecule is OC[C@@H]1[C@@H](c2ccccc2)[C@]12CN(Cc1nc3ncccc3o1)C[C@@H]2O. The van der Waals surface area contributed by atoms with Gasteiger partial charge in [-0.25, -0.2) is 4.98 Å². The van der Waals surface area contributed by atoms with Crippen LogP contribution in [0.2, 0.25) is 0 Å². The summed E-state index contributed by atoms with van der Waals surface area (Å²) in [6.45, 7) is 1.92. The molecule has 1 aliphatic heterocycles. The molecule has 26 heavy (non-hydrogen) atoms. The van der Waals surface area contributed by atoms with Crippen molar-refractivity contribution in [1.29, 1.82) is 0 Å². The Morgan fingerprint density at radius 2 is 2.04 bits per heavy atom. The number of aromatic nitrogens is 2. The maximum Gasteiger partial charge on any atom is 0.211 e. The summed E-state index contributed by atoms with van der Waals surface area (Å²) in [6.07, 6.45) is 1.23. The molecule has 2 N–H and O–H groups in total. The van der Waals surface area contributed by atoms with Crippen LogP contribution in [0.1, 0.15) is 17.4 Å². The Kier molecular flexibility index (Phi) is 3.60. The highest BCUT2D eigenvalue weighted by atomic mass is 16.3. The van der Waals surface area contributed by atoms with Crippen LogP contribution in [0, 0.1) is 11.3 Å². The number of pyridine rings is 1. The van der Waals surface area contributed by atoms with Crippen molar-refractivity contribution in [1.82, 2.24) is 14.9 Å². The second kappa shape index (κ2) is 5.87. The van der Waals surface area contributed by atoms with E-state index in [1.807, 2.05) is 30.3 Å². The third-order valence-electron chi connectivity index (χ3n) is 6.04. The Morgan fingerprint density at radius 1 is 1.19 bits per heavy atom. The minimum atomic E-state index is -0.465. The third kappa shape index (κ3) is 2.30. The van der Waals surface area contributed by atoms with Crippen molar-refractivity contribution in [2.45, 2.75) is 18.6 Å². The van der Waals surface area contributed by atoms with E-state index in [1.54, 1.807) is 6.20 Å². The first-order valence-electron chi connectivity index (χ1n) is 8.99. The van der Waals surface area contributed by atoms with Gasteiger partial charge < -0.3 is 14.6 Å². The van der Waals surface area contributed by atoms with E-state index in [0.29, 0.717) is 30.2 Å². The van der Waals surface area contributed by atoms with Crippen molar-refractivity contribution in [2.75, 3.05) is 19.7 Å². The molecule has 6 nitrogen and oxygen atoms in total. The molecule has 4 atom stereocenters. The van der Waals surface area contributed by atoms with Gasteiger partial charge in [-0.3, -0.25) is 4.90 Å². The first kappa shape index (κ1) is 15.9. The minimum Gasteiger partial charge on any atom is -0.438 e. The van der Waals surface area contributed by atoms with Crippen LogP contribution in [0.5, 0.6) is 0 Å². The first-order valence-corrected chi connectivity index (χ1v) is 8.99. The van der Waals surface area contributed by atoms with Crippen LogP contribution in [0.4, 0.5) is 0 Å². The zero-order chi connectivity index (χ0) is 17.7. The van der Waals surface area contributed by atoms with Gasteiger partial charge in [-0.2, -0.15) is 4.98 Å². The molecule has 0 radical (unpaired) electrons. The molecule has 0 unspecified atom stereocenters. The van der Waals surface area contributed by atoms with Crippen LogP contribution in [-0.4, -0.2) is 50.9 Å². The second-order valence-corrected chi connectivity index (χ2v) is 7.41. The van der Waals surface area contributed by atoms with Crippen LogP contribution >= 0.6 is 0 Å². The van der Waals surface area contributed by atoms with Crippen molar-refractivity contribution in [3.63, 3.8) is 0 Å². The van der Waals surface area contributed by atoms with E-state index in [2.05, 4.69) is 27.0 Å².